The Morgan fingerprint density at radius 2 is 1.82 bits per heavy atom. The van der Waals surface area contributed by atoms with Crippen molar-refractivity contribution in [1.82, 2.24) is 0 Å². The van der Waals surface area contributed by atoms with Crippen LogP contribution in [-0.4, -0.2) is 18.0 Å². The van der Waals surface area contributed by atoms with Crippen LogP contribution in [0.4, 0.5) is 8.78 Å². The molecule has 0 unspecified atom stereocenters. The first-order valence-electron chi connectivity index (χ1n) is 3.08. The Balaban J connectivity index is 2.40. The Morgan fingerprint density at radius 1 is 1.36 bits per heavy atom. The molecule has 0 amide bonds. The molecule has 1 spiro atoms. The molecule has 58 valence electrons. The second kappa shape index (κ2) is 1.76. The van der Waals surface area contributed by atoms with Gasteiger partial charge in [-0.2, -0.15) is 0 Å². The van der Waals surface area contributed by atoms with Gasteiger partial charge in [0, 0.05) is 0 Å². The van der Waals surface area contributed by atoms with E-state index in [4.69, 9.17) is 4.74 Å². The average molecular weight is 158 g/mol. The van der Waals surface area contributed by atoms with Crippen molar-refractivity contribution in [3.05, 3.63) is 23.8 Å². The lowest BCUT2D eigenvalue weighted by molar-refractivity contribution is -0.115. The number of ether oxygens (including phenoxy) is 1. The third kappa shape index (κ3) is 0.903. The minimum atomic E-state index is -1.19. The zero-order chi connectivity index (χ0) is 8.06. The topological polar surface area (TPSA) is 29.6 Å². The third-order valence-corrected chi connectivity index (χ3v) is 1.65. The van der Waals surface area contributed by atoms with Gasteiger partial charge in [-0.15, -0.1) is 0 Å². The van der Waals surface area contributed by atoms with Gasteiger partial charge < -0.3 is 4.74 Å². The summed E-state index contributed by atoms with van der Waals surface area (Å²) in [5.74, 6) is -3.32. The summed E-state index contributed by atoms with van der Waals surface area (Å²) >= 11 is 0. The summed E-state index contributed by atoms with van der Waals surface area (Å²) in [6, 6.07) is 0. The summed E-state index contributed by atoms with van der Waals surface area (Å²) in [4.78, 5) is 10.5. The molecule has 1 aliphatic carbocycles. The van der Waals surface area contributed by atoms with Gasteiger partial charge in [-0.1, -0.05) is 0 Å². The summed E-state index contributed by atoms with van der Waals surface area (Å²) in [6.45, 7) is 0.251. The molecule has 0 aromatic rings. The average Bonchev–Trinajstić information content (AvgIpc) is 2.65. The summed E-state index contributed by atoms with van der Waals surface area (Å²) in [5.41, 5.74) is -0.942. The molecular formula is C7H4F2O2. The van der Waals surface area contributed by atoms with Crippen LogP contribution >= 0.6 is 0 Å². The number of hydrogen-bond donors (Lipinski definition) is 0. The van der Waals surface area contributed by atoms with Crippen molar-refractivity contribution in [2.75, 3.05) is 6.61 Å². The van der Waals surface area contributed by atoms with Crippen molar-refractivity contribution in [3.63, 3.8) is 0 Å². The van der Waals surface area contributed by atoms with Crippen LogP contribution in [0.3, 0.4) is 0 Å². The van der Waals surface area contributed by atoms with Crippen LogP contribution in [0.1, 0.15) is 0 Å². The molecule has 4 heteroatoms. The second-order valence-electron chi connectivity index (χ2n) is 2.56. The number of Topliss-reactive ketones (excluding diaryl/α,β-unsaturated/α-hetero) is 1. The van der Waals surface area contributed by atoms with E-state index in [0.717, 1.165) is 12.2 Å². The lowest BCUT2D eigenvalue weighted by Gasteiger charge is -2.06. The molecule has 2 rings (SSSR count). The van der Waals surface area contributed by atoms with Gasteiger partial charge in [-0.3, -0.25) is 4.79 Å². The Morgan fingerprint density at radius 3 is 2.18 bits per heavy atom. The molecule has 11 heavy (non-hydrogen) atoms. The summed E-state index contributed by atoms with van der Waals surface area (Å²) in [6.07, 6.45) is 2.00. The molecule has 2 aliphatic rings. The van der Waals surface area contributed by atoms with Crippen molar-refractivity contribution in [2.45, 2.75) is 5.60 Å². The van der Waals surface area contributed by atoms with Gasteiger partial charge in [0.05, 0.1) is 6.61 Å². The van der Waals surface area contributed by atoms with E-state index in [1.54, 1.807) is 0 Å². The second-order valence-corrected chi connectivity index (χ2v) is 2.56. The lowest BCUT2D eigenvalue weighted by atomic mass is 10.0. The van der Waals surface area contributed by atoms with Gasteiger partial charge in [-0.25, -0.2) is 8.78 Å². The smallest absolute Gasteiger partial charge is 0.249 e. The number of carbonyl (C=O) groups excluding carboxylic acids is 1. The number of rotatable bonds is 0. The highest BCUT2D eigenvalue weighted by atomic mass is 19.1. The Labute approximate surface area is 61.1 Å². The fourth-order valence-corrected chi connectivity index (χ4v) is 0.966. The highest BCUT2D eigenvalue weighted by Gasteiger charge is 2.46. The van der Waals surface area contributed by atoms with Gasteiger partial charge in [-0.05, 0) is 12.2 Å². The largest absolute Gasteiger partial charge is 0.360 e. The maximum absolute atomic E-state index is 12.5. The van der Waals surface area contributed by atoms with E-state index in [9.17, 15) is 13.6 Å². The number of epoxide rings is 1. The van der Waals surface area contributed by atoms with Crippen molar-refractivity contribution in [3.8, 4) is 0 Å². The zero-order valence-corrected chi connectivity index (χ0v) is 5.43. The molecule has 0 atom stereocenters. The van der Waals surface area contributed by atoms with Gasteiger partial charge >= 0.3 is 0 Å². The highest BCUT2D eigenvalue weighted by Crippen LogP contribution is 2.37. The number of carbonyl (C=O) groups is 1. The van der Waals surface area contributed by atoms with Crippen molar-refractivity contribution < 1.29 is 18.3 Å². The van der Waals surface area contributed by atoms with Crippen molar-refractivity contribution >= 4 is 5.78 Å². The van der Waals surface area contributed by atoms with Gasteiger partial charge in [0.1, 0.15) is 5.60 Å². The van der Waals surface area contributed by atoms with Crippen LogP contribution in [-0.2, 0) is 9.53 Å². The molecule has 0 N–H and O–H groups in total. The SMILES string of the molecule is O=C1C(F)=CC2(C=C1F)CO2. The van der Waals surface area contributed by atoms with Crippen LogP contribution in [0.5, 0.6) is 0 Å². The summed E-state index contributed by atoms with van der Waals surface area (Å²) in [7, 11) is 0. The molecule has 0 aromatic carbocycles. The number of hydrogen-bond acceptors (Lipinski definition) is 2. The molecule has 1 saturated heterocycles. The summed E-state index contributed by atoms with van der Waals surface area (Å²) < 4.78 is 29.8. The minimum Gasteiger partial charge on any atom is -0.360 e. The van der Waals surface area contributed by atoms with Crippen molar-refractivity contribution in [1.29, 1.82) is 0 Å². The van der Waals surface area contributed by atoms with Crippen LogP contribution in [0.2, 0.25) is 0 Å². The van der Waals surface area contributed by atoms with Gasteiger partial charge in [0.15, 0.2) is 11.7 Å². The highest BCUT2D eigenvalue weighted by molar-refractivity contribution is 6.06. The van der Waals surface area contributed by atoms with Gasteiger partial charge in [0.2, 0.25) is 5.78 Å². The van der Waals surface area contributed by atoms with E-state index in [1.807, 2.05) is 0 Å². The first kappa shape index (κ1) is 6.67. The molecule has 1 fully saturated rings. The van der Waals surface area contributed by atoms with Crippen LogP contribution in [0.25, 0.3) is 0 Å². The maximum Gasteiger partial charge on any atom is 0.249 e. The normalized spacial score (nSPS) is 26.5. The van der Waals surface area contributed by atoms with E-state index in [-0.39, 0.29) is 6.61 Å². The Kier molecular flexibility index (Phi) is 1.07. The first-order valence-corrected chi connectivity index (χ1v) is 3.08. The standard InChI is InChI=1S/C7H4F2O2/c8-4-1-7(3-11-7)2-5(9)6(4)10/h1-2H,3H2. The number of halogens is 2. The van der Waals surface area contributed by atoms with Crippen molar-refractivity contribution in [2.24, 2.45) is 0 Å². The number of allylic oxidation sites excluding steroid dienone is 2. The molecular weight excluding hydrogens is 154 g/mol. The quantitative estimate of drug-likeness (QED) is 0.493. The fraction of sp³-hybridized carbons (Fsp3) is 0.286. The predicted octanol–water partition coefficient (Wildman–Crippen LogP) is 1.04. The van der Waals surface area contributed by atoms with E-state index >= 15 is 0 Å². The first-order chi connectivity index (χ1) is 5.13. The Hall–Kier alpha value is -1.03. The molecule has 0 aromatic heterocycles. The minimum absolute atomic E-state index is 0.251. The summed E-state index contributed by atoms with van der Waals surface area (Å²) in [5, 5.41) is 0. The molecule has 0 saturated carbocycles. The fourth-order valence-electron chi connectivity index (χ4n) is 0.966. The van der Waals surface area contributed by atoms with Crippen LogP contribution in [0, 0.1) is 0 Å². The monoisotopic (exact) mass is 158 g/mol. The van der Waals surface area contributed by atoms with E-state index in [2.05, 4.69) is 0 Å². The van der Waals surface area contributed by atoms with Gasteiger partial charge in [0.25, 0.3) is 0 Å². The van der Waals surface area contributed by atoms with E-state index in [1.165, 1.54) is 0 Å². The third-order valence-electron chi connectivity index (χ3n) is 1.65. The maximum atomic E-state index is 12.5. The molecule has 1 aliphatic heterocycles. The Bertz CT molecular complexity index is 263. The van der Waals surface area contributed by atoms with E-state index in [0.29, 0.717) is 0 Å². The molecule has 2 nitrogen and oxygen atoms in total. The number of ketones is 1. The lowest BCUT2D eigenvalue weighted by Crippen LogP contribution is -2.15. The van der Waals surface area contributed by atoms with E-state index < -0.39 is 23.0 Å². The molecule has 1 heterocycles. The predicted molar refractivity (Wildman–Crippen MR) is 32.1 cm³/mol. The van der Waals surface area contributed by atoms with Crippen LogP contribution in [0.15, 0.2) is 23.8 Å². The van der Waals surface area contributed by atoms with Crippen LogP contribution < -0.4 is 0 Å². The zero-order valence-electron chi connectivity index (χ0n) is 5.43. The molecule has 0 radical (unpaired) electrons. The molecule has 0 bridgehead atoms.